The summed E-state index contributed by atoms with van der Waals surface area (Å²) in [5.41, 5.74) is -0.0665. The van der Waals surface area contributed by atoms with Gasteiger partial charge in [-0.3, -0.25) is 4.79 Å². The van der Waals surface area contributed by atoms with Crippen molar-refractivity contribution >= 4 is 5.91 Å². The van der Waals surface area contributed by atoms with Crippen LogP contribution in [0, 0.1) is 5.82 Å². The largest absolute Gasteiger partial charge is 0.508 e. The second-order valence-electron chi connectivity index (χ2n) is 4.12. The average Bonchev–Trinajstić information content (AvgIpc) is 3.09. The summed E-state index contributed by atoms with van der Waals surface area (Å²) >= 11 is 0. The van der Waals surface area contributed by atoms with E-state index in [0.29, 0.717) is 0 Å². The van der Waals surface area contributed by atoms with Crippen LogP contribution in [0.4, 0.5) is 4.39 Å². The van der Waals surface area contributed by atoms with Gasteiger partial charge in [0, 0.05) is 18.7 Å². The van der Waals surface area contributed by atoms with E-state index in [4.69, 9.17) is 10.2 Å². The zero-order chi connectivity index (χ0) is 12.4. The Hall–Kier alpha value is -1.62. The summed E-state index contributed by atoms with van der Waals surface area (Å²) in [7, 11) is 0. The molecular formula is C12H14FNO3. The molecule has 0 heterocycles. The number of hydrogen-bond acceptors (Lipinski definition) is 3. The molecule has 0 aromatic heterocycles. The molecule has 1 fully saturated rings. The molecule has 1 aromatic rings. The van der Waals surface area contributed by atoms with E-state index in [2.05, 4.69) is 0 Å². The number of rotatable bonds is 4. The summed E-state index contributed by atoms with van der Waals surface area (Å²) in [4.78, 5) is 13.5. The van der Waals surface area contributed by atoms with E-state index in [1.54, 1.807) is 0 Å². The van der Waals surface area contributed by atoms with Crippen LogP contribution in [-0.2, 0) is 0 Å². The van der Waals surface area contributed by atoms with Gasteiger partial charge >= 0.3 is 0 Å². The van der Waals surface area contributed by atoms with Gasteiger partial charge in [-0.2, -0.15) is 0 Å². The fourth-order valence-corrected chi connectivity index (χ4v) is 1.78. The Morgan fingerprint density at radius 1 is 1.47 bits per heavy atom. The molecule has 0 atom stereocenters. The number of phenolic OH excluding ortho intramolecular Hbond substituents is 1. The maximum absolute atomic E-state index is 13.5. The fourth-order valence-electron chi connectivity index (χ4n) is 1.78. The zero-order valence-corrected chi connectivity index (χ0v) is 9.27. The highest BCUT2D eigenvalue weighted by Gasteiger charge is 2.33. The summed E-state index contributed by atoms with van der Waals surface area (Å²) in [6.45, 7) is 0.0752. The minimum atomic E-state index is -0.737. The van der Waals surface area contributed by atoms with Crippen molar-refractivity contribution in [3.63, 3.8) is 0 Å². The van der Waals surface area contributed by atoms with Crippen LogP contribution in [0.1, 0.15) is 23.2 Å². The summed E-state index contributed by atoms with van der Waals surface area (Å²) < 4.78 is 13.5. The van der Waals surface area contributed by atoms with Crippen LogP contribution in [0.2, 0.25) is 0 Å². The quantitative estimate of drug-likeness (QED) is 0.828. The summed E-state index contributed by atoms with van der Waals surface area (Å²) in [5, 5.41) is 18.0. The molecule has 0 bridgehead atoms. The number of halogens is 1. The van der Waals surface area contributed by atoms with Gasteiger partial charge in [-0.25, -0.2) is 4.39 Å². The summed E-state index contributed by atoms with van der Waals surface area (Å²) in [5.74, 6) is -1.38. The number of carbonyl (C=O) groups is 1. The first kappa shape index (κ1) is 11.9. The SMILES string of the molecule is O=C(c1ccc(O)cc1F)N(CCO)C1CC1. The summed E-state index contributed by atoms with van der Waals surface area (Å²) in [6.07, 6.45) is 1.79. The third-order valence-corrected chi connectivity index (χ3v) is 2.77. The third-order valence-electron chi connectivity index (χ3n) is 2.77. The molecule has 4 nitrogen and oxygen atoms in total. The first-order chi connectivity index (χ1) is 8.13. The van der Waals surface area contributed by atoms with Crippen molar-refractivity contribution in [3.05, 3.63) is 29.6 Å². The first-order valence-corrected chi connectivity index (χ1v) is 5.54. The molecular weight excluding hydrogens is 225 g/mol. The lowest BCUT2D eigenvalue weighted by Crippen LogP contribution is -2.35. The molecule has 0 radical (unpaired) electrons. The van der Waals surface area contributed by atoms with E-state index in [1.165, 1.54) is 17.0 Å². The van der Waals surface area contributed by atoms with Gasteiger partial charge in [-0.1, -0.05) is 0 Å². The molecule has 92 valence electrons. The molecule has 1 saturated carbocycles. The van der Waals surface area contributed by atoms with Gasteiger partial charge in [0.05, 0.1) is 12.2 Å². The van der Waals surface area contributed by atoms with Gasteiger partial charge in [0.1, 0.15) is 11.6 Å². The van der Waals surface area contributed by atoms with Crippen molar-refractivity contribution < 1.29 is 19.4 Å². The molecule has 1 amide bonds. The van der Waals surface area contributed by atoms with E-state index in [-0.39, 0.29) is 30.5 Å². The van der Waals surface area contributed by atoms with Crippen molar-refractivity contribution in [1.29, 1.82) is 0 Å². The van der Waals surface area contributed by atoms with Crippen LogP contribution in [0.5, 0.6) is 5.75 Å². The van der Waals surface area contributed by atoms with Gasteiger partial charge in [-0.15, -0.1) is 0 Å². The normalized spacial score (nSPS) is 14.7. The highest BCUT2D eigenvalue weighted by atomic mass is 19.1. The molecule has 1 aliphatic rings. The monoisotopic (exact) mass is 239 g/mol. The van der Waals surface area contributed by atoms with E-state index in [0.717, 1.165) is 18.9 Å². The number of carbonyl (C=O) groups excluding carboxylic acids is 1. The number of aromatic hydroxyl groups is 1. The molecule has 0 aliphatic heterocycles. The Kier molecular flexibility index (Phi) is 3.28. The second-order valence-corrected chi connectivity index (χ2v) is 4.12. The molecule has 5 heteroatoms. The standard InChI is InChI=1S/C12H14FNO3/c13-11-7-9(16)3-4-10(11)12(17)14(5-6-15)8-1-2-8/h3-4,7-8,15-16H,1-2,5-6H2. The Morgan fingerprint density at radius 2 is 2.18 bits per heavy atom. The number of amides is 1. The molecule has 0 spiro atoms. The number of phenols is 1. The van der Waals surface area contributed by atoms with Gasteiger partial charge in [0.15, 0.2) is 0 Å². The third kappa shape index (κ3) is 2.55. The summed E-state index contributed by atoms with van der Waals surface area (Å²) in [6, 6.07) is 3.57. The van der Waals surface area contributed by atoms with Crippen LogP contribution in [-0.4, -0.2) is 40.2 Å². The number of nitrogens with zero attached hydrogens (tertiary/aromatic N) is 1. The predicted octanol–water partition coefficient (Wildman–Crippen LogP) is 1.13. The Morgan fingerprint density at radius 3 is 2.71 bits per heavy atom. The van der Waals surface area contributed by atoms with Crippen LogP contribution in [0.3, 0.4) is 0 Å². The Balaban J connectivity index is 2.22. The lowest BCUT2D eigenvalue weighted by atomic mass is 10.1. The molecule has 17 heavy (non-hydrogen) atoms. The smallest absolute Gasteiger partial charge is 0.257 e. The van der Waals surface area contributed by atoms with Crippen molar-refractivity contribution in [1.82, 2.24) is 4.90 Å². The lowest BCUT2D eigenvalue weighted by molar-refractivity contribution is 0.0703. The molecule has 2 N–H and O–H groups in total. The predicted molar refractivity (Wildman–Crippen MR) is 59.2 cm³/mol. The Labute approximate surface area is 98.3 Å². The van der Waals surface area contributed by atoms with Crippen LogP contribution >= 0.6 is 0 Å². The van der Waals surface area contributed by atoms with Crippen molar-refractivity contribution in [2.24, 2.45) is 0 Å². The minimum Gasteiger partial charge on any atom is -0.508 e. The molecule has 1 aromatic carbocycles. The van der Waals surface area contributed by atoms with E-state index >= 15 is 0 Å². The maximum atomic E-state index is 13.5. The van der Waals surface area contributed by atoms with Gasteiger partial charge < -0.3 is 15.1 Å². The van der Waals surface area contributed by atoms with Gasteiger partial charge in [-0.05, 0) is 25.0 Å². The van der Waals surface area contributed by atoms with E-state index < -0.39 is 11.7 Å². The van der Waals surface area contributed by atoms with Crippen LogP contribution < -0.4 is 0 Å². The molecule has 1 aliphatic carbocycles. The molecule has 0 saturated heterocycles. The van der Waals surface area contributed by atoms with Gasteiger partial charge in [0.25, 0.3) is 5.91 Å². The molecule has 2 rings (SSSR count). The van der Waals surface area contributed by atoms with Crippen molar-refractivity contribution in [3.8, 4) is 5.75 Å². The van der Waals surface area contributed by atoms with E-state index in [9.17, 15) is 9.18 Å². The number of benzene rings is 1. The minimum absolute atomic E-state index is 0.0665. The highest BCUT2D eigenvalue weighted by Crippen LogP contribution is 2.28. The van der Waals surface area contributed by atoms with Crippen molar-refractivity contribution in [2.45, 2.75) is 18.9 Å². The topological polar surface area (TPSA) is 60.8 Å². The van der Waals surface area contributed by atoms with Crippen LogP contribution in [0.25, 0.3) is 0 Å². The Bertz CT molecular complexity index is 432. The maximum Gasteiger partial charge on any atom is 0.257 e. The number of aliphatic hydroxyl groups excluding tert-OH is 1. The highest BCUT2D eigenvalue weighted by molar-refractivity contribution is 5.95. The van der Waals surface area contributed by atoms with Crippen molar-refractivity contribution in [2.75, 3.05) is 13.2 Å². The first-order valence-electron chi connectivity index (χ1n) is 5.54. The van der Waals surface area contributed by atoms with Gasteiger partial charge in [0.2, 0.25) is 0 Å². The number of hydrogen-bond donors (Lipinski definition) is 2. The lowest BCUT2D eigenvalue weighted by Gasteiger charge is -2.21. The number of aliphatic hydroxyl groups is 1. The molecule has 0 unspecified atom stereocenters. The average molecular weight is 239 g/mol. The van der Waals surface area contributed by atoms with Crippen LogP contribution in [0.15, 0.2) is 18.2 Å². The second kappa shape index (κ2) is 4.71. The van der Waals surface area contributed by atoms with E-state index in [1.807, 2.05) is 0 Å². The zero-order valence-electron chi connectivity index (χ0n) is 9.27. The fraction of sp³-hybridized carbons (Fsp3) is 0.417.